The first kappa shape index (κ1) is 13.5. The van der Waals surface area contributed by atoms with Crippen LogP contribution >= 0.6 is 23.2 Å². The number of pyridine rings is 1. The van der Waals surface area contributed by atoms with E-state index in [-0.39, 0.29) is 0 Å². The molecule has 0 radical (unpaired) electrons. The van der Waals surface area contributed by atoms with Crippen molar-refractivity contribution in [3.63, 3.8) is 0 Å². The van der Waals surface area contributed by atoms with Crippen LogP contribution in [0.1, 0.15) is 11.3 Å². The molecule has 0 atom stereocenters. The fourth-order valence-corrected chi connectivity index (χ4v) is 2.85. The van der Waals surface area contributed by atoms with Gasteiger partial charge in [-0.05, 0) is 35.9 Å². The number of halogens is 2. The molecule has 4 rings (SSSR count). The van der Waals surface area contributed by atoms with Gasteiger partial charge in [-0.3, -0.25) is 4.98 Å². The maximum absolute atomic E-state index is 6.39. The Bertz CT molecular complexity index is 994. The lowest BCUT2D eigenvalue weighted by atomic mass is 10.1. The van der Waals surface area contributed by atoms with E-state index >= 15 is 0 Å². The van der Waals surface area contributed by atoms with Crippen molar-refractivity contribution in [2.45, 2.75) is 6.42 Å². The average molecular weight is 329 g/mol. The fourth-order valence-electron chi connectivity index (χ4n) is 2.49. The molecule has 1 aromatic carbocycles. The molecule has 0 spiro atoms. The number of imidazole rings is 1. The van der Waals surface area contributed by atoms with Gasteiger partial charge >= 0.3 is 0 Å². The number of fused-ring (bicyclic) bond motifs is 2. The van der Waals surface area contributed by atoms with Crippen molar-refractivity contribution in [2.75, 3.05) is 0 Å². The van der Waals surface area contributed by atoms with Gasteiger partial charge in [-0.2, -0.15) is 5.10 Å². The van der Waals surface area contributed by atoms with Gasteiger partial charge in [0.05, 0.1) is 17.4 Å². The summed E-state index contributed by atoms with van der Waals surface area (Å²) in [5.74, 6) is 0. The first-order valence-corrected chi connectivity index (χ1v) is 7.48. The third kappa shape index (κ3) is 2.30. The van der Waals surface area contributed by atoms with Crippen LogP contribution in [0.5, 0.6) is 0 Å². The van der Waals surface area contributed by atoms with Crippen LogP contribution in [-0.2, 0) is 6.42 Å². The Morgan fingerprint density at radius 3 is 2.86 bits per heavy atom. The number of nitrogens with zero attached hydrogens (tertiary/aromatic N) is 4. The number of benzene rings is 1. The van der Waals surface area contributed by atoms with Gasteiger partial charge in [0, 0.05) is 23.0 Å². The highest BCUT2D eigenvalue weighted by atomic mass is 35.5. The monoisotopic (exact) mass is 328 g/mol. The first-order chi connectivity index (χ1) is 10.7. The summed E-state index contributed by atoms with van der Waals surface area (Å²) in [4.78, 5) is 8.64. The minimum absolute atomic E-state index is 0.431. The molecule has 0 N–H and O–H groups in total. The van der Waals surface area contributed by atoms with Gasteiger partial charge < -0.3 is 0 Å². The smallest absolute Gasteiger partial charge is 0.153 e. The van der Waals surface area contributed by atoms with Crippen LogP contribution in [-0.4, -0.2) is 19.6 Å². The summed E-state index contributed by atoms with van der Waals surface area (Å²) in [5, 5.41) is 6.46. The molecule has 0 bridgehead atoms. The van der Waals surface area contributed by atoms with Gasteiger partial charge in [-0.1, -0.05) is 29.3 Å². The van der Waals surface area contributed by atoms with Gasteiger partial charge in [-0.15, -0.1) is 0 Å². The molecule has 0 aliphatic heterocycles. The highest BCUT2D eigenvalue weighted by Crippen LogP contribution is 2.25. The zero-order chi connectivity index (χ0) is 15.1. The van der Waals surface area contributed by atoms with Crippen molar-refractivity contribution < 1.29 is 0 Å². The lowest BCUT2D eigenvalue weighted by Gasteiger charge is -2.06. The highest BCUT2D eigenvalue weighted by molar-refractivity contribution is 6.32. The van der Waals surface area contributed by atoms with Crippen LogP contribution in [0.15, 0.2) is 48.8 Å². The van der Waals surface area contributed by atoms with Crippen LogP contribution in [0.2, 0.25) is 10.2 Å². The van der Waals surface area contributed by atoms with E-state index in [2.05, 4.69) is 21.1 Å². The second-order valence-corrected chi connectivity index (χ2v) is 5.79. The minimum atomic E-state index is 0.431. The van der Waals surface area contributed by atoms with Gasteiger partial charge in [0.2, 0.25) is 0 Å². The molecule has 3 aromatic heterocycles. The normalized spacial score (nSPS) is 11.4. The summed E-state index contributed by atoms with van der Waals surface area (Å²) in [6.07, 6.45) is 4.18. The van der Waals surface area contributed by atoms with E-state index in [1.807, 2.05) is 24.3 Å². The molecule has 0 fully saturated rings. The van der Waals surface area contributed by atoms with E-state index in [0.29, 0.717) is 16.6 Å². The van der Waals surface area contributed by atoms with Gasteiger partial charge in [0.15, 0.2) is 5.65 Å². The number of hydrogen-bond acceptors (Lipinski definition) is 3. The molecular formula is C16H10Cl2N4. The molecule has 0 aliphatic carbocycles. The lowest BCUT2D eigenvalue weighted by molar-refractivity contribution is 0.872. The summed E-state index contributed by atoms with van der Waals surface area (Å²) in [6, 6.07) is 11.4. The third-order valence-electron chi connectivity index (χ3n) is 3.54. The van der Waals surface area contributed by atoms with Crippen LogP contribution in [0, 0.1) is 0 Å². The highest BCUT2D eigenvalue weighted by Gasteiger charge is 2.10. The minimum Gasteiger partial charge on any atom is -0.256 e. The van der Waals surface area contributed by atoms with Gasteiger partial charge in [-0.25, -0.2) is 9.50 Å². The predicted octanol–water partition coefficient (Wildman–Crippen LogP) is 4.18. The Balaban J connectivity index is 1.82. The molecule has 0 amide bonds. The van der Waals surface area contributed by atoms with Crippen molar-refractivity contribution in [1.82, 2.24) is 19.6 Å². The maximum atomic E-state index is 6.39. The number of hydrogen-bond donors (Lipinski definition) is 0. The Morgan fingerprint density at radius 1 is 1.05 bits per heavy atom. The molecule has 4 nitrogen and oxygen atoms in total. The average Bonchev–Trinajstić information content (AvgIpc) is 2.90. The van der Waals surface area contributed by atoms with E-state index < -0.39 is 0 Å². The lowest BCUT2D eigenvalue weighted by Crippen LogP contribution is -1.99. The molecule has 22 heavy (non-hydrogen) atoms. The number of aromatic nitrogens is 4. The Morgan fingerprint density at radius 2 is 1.95 bits per heavy atom. The van der Waals surface area contributed by atoms with Gasteiger partial charge in [0.25, 0.3) is 0 Å². The largest absolute Gasteiger partial charge is 0.256 e. The molecular weight excluding hydrogens is 319 g/mol. The molecule has 0 aliphatic rings. The second-order valence-electron chi connectivity index (χ2n) is 4.99. The SMILES string of the molecule is Clc1ccc2ncc(Cc3cc4cccnc4cc3Cl)n2n1. The van der Waals surface area contributed by atoms with Crippen LogP contribution in [0.3, 0.4) is 0 Å². The molecule has 108 valence electrons. The van der Waals surface area contributed by atoms with Crippen molar-refractivity contribution >= 4 is 39.8 Å². The molecule has 0 unspecified atom stereocenters. The zero-order valence-electron chi connectivity index (χ0n) is 11.4. The summed E-state index contributed by atoms with van der Waals surface area (Å²) in [5.41, 5.74) is 3.59. The summed E-state index contributed by atoms with van der Waals surface area (Å²) >= 11 is 12.4. The van der Waals surface area contributed by atoms with Crippen molar-refractivity contribution in [1.29, 1.82) is 0 Å². The van der Waals surface area contributed by atoms with Crippen molar-refractivity contribution in [2.24, 2.45) is 0 Å². The van der Waals surface area contributed by atoms with E-state index in [1.54, 1.807) is 23.0 Å². The second kappa shape index (κ2) is 5.23. The zero-order valence-corrected chi connectivity index (χ0v) is 12.9. The molecule has 0 saturated heterocycles. The van der Waals surface area contributed by atoms with E-state index in [9.17, 15) is 0 Å². The van der Waals surface area contributed by atoms with E-state index in [1.165, 1.54) is 0 Å². The Kier molecular flexibility index (Phi) is 3.21. The summed E-state index contributed by atoms with van der Waals surface area (Å²) in [7, 11) is 0. The molecule has 6 heteroatoms. The Labute approximate surface area is 136 Å². The van der Waals surface area contributed by atoms with E-state index in [4.69, 9.17) is 23.2 Å². The molecule has 4 aromatic rings. The maximum Gasteiger partial charge on any atom is 0.153 e. The Hall–Kier alpha value is -2.17. The van der Waals surface area contributed by atoms with Crippen LogP contribution in [0.25, 0.3) is 16.6 Å². The standard InChI is InChI=1S/C16H10Cl2N4/c17-13-8-14-10(2-1-5-19-14)6-11(13)7-12-9-20-16-4-3-15(18)21-22(12)16/h1-6,8-9H,7H2. The van der Waals surface area contributed by atoms with Crippen molar-refractivity contribution in [3.8, 4) is 0 Å². The predicted molar refractivity (Wildman–Crippen MR) is 87.6 cm³/mol. The molecule has 3 heterocycles. The van der Waals surface area contributed by atoms with Crippen LogP contribution in [0.4, 0.5) is 0 Å². The van der Waals surface area contributed by atoms with E-state index in [0.717, 1.165) is 27.8 Å². The quantitative estimate of drug-likeness (QED) is 0.554. The summed E-state index contributed by atoms with van der Waals surface area (Å²) < 4.78 is 1.74. The van der Waals surface area contributed by atoms with Gasteiger partial charge in [0.1, 0.15) is 5.15 Å². The third-order valence-corrected chi connectivity index (χ3v) is 4.10. The molecule has 0 saturated carbocycles. The van der Waals surface area contributed by atoms with Crippen molar-refractivity contribution in [3.05, 3.63) is 70.2 Å². The van der Waals surface area contributed by atoms with Crippen LogP contribution < -0.4 is 0 Å². The number of rotatable bonds is 2. The topological polar surface area (TPSA) is 43.1 Å². The summed E-state index contributed by atoms with van der Waals surface area (Å²) in [6.45, 7) is 0. The first-order valence-electron chi connectivity index (χ1n) is 6.73. The fraction of sp³-hybridized carbons (Fsp3) is 0.0625.